The van der Waals surface area contributed by atoms with Crippen LogP contribution in [-0.4, -0.2) is 26.9 Å². The van der Waals surface area contributed by atoms with Crippen LogP contribution in [0.3, 0.4) is 0 Å². The maximum atomic E-state index is 14.5. The van der Waals surface area contributed by atoms with Gasteiger partial charge in [0, 0.05) is 22.9 Å². The van der Waals surface area contributed by atoms with Crippen LogP contribution >= 0.6 is 0 Å². The molecule has 1 saturated heterocycles. The van der Waals surface area contributed by atoms with Crippen LogP contribution in [0.15, 0.2) is 30.3 Å². The van der Waals surface area contributed by atoms with Crippen molar-refractivity contribution in [3.8, 4) is 22.6 Å². The van der Waals surface area contributed by atoms with E-state index >= 15 is 0 Å². The van der Waals surface area contributed by atoms with E-state index < -0.39 is 12.1 Å². The van der Waals surface area contributed by atoms with Gasteiger partial charge in [-0.1, -0.05) is 0 Å². The Morgan fingerprint density at radius 3 is 2.50 bits per heavy atom. The maximum Gasteiger partial charge on any atom is 0.186 e. The smallest absolute Gasteiger partial charge is 0.186 e. The average molecular weight is 333 g/mol. The van der Waals surface area contributed by atoms with Crippen molar-refractivity contribution in [1.29, 1.82) is 0 Å². The van der Waals surface area contributed by atoms with Gasteiger partial charge in [-0.2, -0.15) is 0 Å². The van der Waals surface area contributed by atoms with Gasteiger partial charge in [0.15, 0.2) is 6.29 Å². The molecule has 1 aliphatic heterocycles. The lowest BCUT2D eigenvalue weighted by molar-refractivity contribution is -0.0435. The largest absolute Gasteiger partial charge is 0.497 e. The van der Waals surface area contributed by atoms with Crippen molar-refractivity contribution in [3.63, 3.8) is 0 Å². The van der Waals surface area contributed by atoms with E-state index in [1.165, 1.54) is 6.07 Å². The highest BCUT2D eigenvalue weighted by Gasteiger charge is 2.23. The van der Waals surface area contributed by atoms with E-state index in [0.717, 1.165) is 0 Å². The molecule has 1 heterocycles. The molecule has 0 aliphatic carbocycles. The molecule has 0 bridgehead atoms. The minimum absolute atomic E-state index is 0.302. The van der Waals surface area contributed by atoms with E-state index in [0.29, 0.717) is 53.7 Å². The molecule has 0 saturated carbocycles. The number of hydrogen-bond acceptors (Lipinski definition) is 5. The van der Waals surface area contributed by atoms with Crippen molar-refractivity contribution in [1.82, 2.24) is 0 Å². The zero-order chi connectivity index (χ0) is 17.1. The van der Waals surface area contributed by atoms with Crippen molar-refractivity contribution in [2.45, 2.75) is 13.2 Å². The predicted molar refractivity (Wildman–Crippen MR) is 88.6 cm³/mol. The van der Waals surface area contributed by atoms with Crippen molar-refractivity contribution >= 4 is 5.69 Å². The zero-order valence-corrected chi connectivity index (χ0v) is 13.7. The van der Waals surface area contributed by atoms with Crippen LogP contribution < -0.4 is 15.2 Å². The third kappa shape index (κ3) is 3.29. The lowest BCUT2D eigenvalue weighted by Gasteiger charge is -2.16. The summed E-state index contributed by atoms with van der Waals surface area (Å²) in [6, 6.07) is 8.21. The molecule has 0 atom stereocenters. The van der Waals surface area contributed by atoms with E-state index in [1.54, 1.807) is 31.4 Å². The first-order chi connectivity index (χ1) is 11.6. The molecule has 0 amide bonds. The summed E-state index contributed by atoms with van der Waals surface area (Å²) in [5.41, 5.74) is 7.87. The molecule has 1 fully saturated rings. The van der Waals surface area contributed by atoms with E-state index in [2.05, 4.69) is 0 Å². The van der Waals surface area contributed by atoms with Crippen molar-refractivity contribution in [3.05, 3.63) is 41.7 Å². The normalized spacial score (nSPS) is 14.8. The van der Waals surface area contributed by atoms with Gasteiger partial charge in [-0.05, 0) is 36.8 Å². The molecule has 0 unspecified atom stereocenters. The second-order valence-electron chi connectivity index (χ2n) is 5.36. The van der Waals surface area contributed by atoms with Gasteiger partial charge in [0.05, 0.1) is 26.9 Å². The van der Waals surface area contributed by atoms with E-state index in [-0.39, 0.29) is 0 Å². The van der Waals surface area contributed by atoms with Crippen molar-refractivity contribution in [2.24, 2.45) is 0 Å². The molecule has 0 aromatic heterocycles. The highest BCUT2D eigenvalue weighted by molar-refractivity contribution is 5.71. The predicted octanol–water partition coefficient (Wildman–Crippen LogP) is 3.53. The number of nitrogen functional groups attached to an aromatic ring is 1. The number of halogens is 1. The van der Waals surface area contributed by atoms with Crippen LogP contribution in [0.5, 0.6) is 11.5 Å². The van der Waals surface area contributed by atoms with E-state index in [4.69, 9.17) is 24.7 Å². The first-order valence-electron chi connectivity index (χ1n) is 7.76. The number of hydrogen-bond donors (Lipinski definition) is 1. The summed E-state index contributed by atoms with van der Waals surface area (Å²) < 4.78 is 36.3. The van der Waals surface area contributed by atoms with E-state index in [1.807, 2.05) is 6.92 Å². The average Bonchev–Trinajstić information content (AvgIpc) is 3.09. The van der Waals surface area contributed by atoms with Gasteiger partial charge in [-0.25, -0.2) is 4.39 Å². The number of ether oxygens (including phenoxy) is 4. The summed E-state index contributed by atoms with van der Waals surface area (Å²) in [6.07, 6.45) is -0.568. The quantitative estimate of drug-likeness (QED) is 0.848. The zero-order valence-electron chi connectivity index (χ0n) is 13.7. The highest BCUT2D eigenvalue weighted by atomic mass is 19.1. The van der Waals surface area contributed by atoms with Crippen molar-refractivity contribution < 1.29 is 23.3 Å². The minimum Gasteiger partial charge on any atom is -0.497 e. The molecular weight excluding hydrogens is 313 g/mol. The second kappa shape index (κ2) is 7.07. The van der Waals surface area contributed by atoms with E-state index in [9.17, 15) is 4.39 Å². The monoisotopic (exact) mass is 333 g/mol. The Bertz CT molecular complexity index is 729. The SMILES string of the molecule is CCOc1cc(OC)cc(-c2cc(C3OCCO3)c(N)cc2F)c1. The standard InChI is InChI=1S/C18H20FNO4/c1-3-22-13-7-11(6-12(8-13)21-2)14-9-15(17(20)10-16(14)19)18-23-4-5-24-18/h6-10,18H,3-5,20H2,1-2H3. The Balaban J connectivity index is 2.07. The fourth-order valence-electron chi connectivity index (χ4n) is 2.66. The van der Waals surface area contributed by atoms with Gasteiger partial charge in [0.25, 0.3) is 0 Å². The lowest BCUT2D eigenvalue weighted by Crippen LogP contribution is -2.05. The van der Waals surface area contributed by atoms with Gasteiger partial charge in [-0.15, -0.1) is 0 Å². The summed E-state index contributed by atoms with van der Waals surface area (Å²) >= 11 is 0. The van der Waals surface area contributed by atoms with Crippen LogP contribution in [0.2, 0.25) is 0 Å². The van der Waals surface area contributed by atoms with Gasteiger partial charge in [-0.3, -0.25) is 0 Å². The summed E-state index contributed by atoms with van der Waals surface area (Å²) in [5, 5.41) is 0. The number of rotatable bonds is 5. The molecule has 1 aliphatic rings. The fourth-order valence-corrected chi connectivity index (χ4v) is 2.66. The summed E-state index contributed by atoms with van der Waals surface area (Å²) in [4.78, 5) is 0. The molecule has 2 aromatic carbocycles. The Morgan fingerprint density at radius 1 is 1.12 bits per heavy atom. The Labute approximate surface area is 140 Å². The first-order valence-corrected chi connectivity index (χ1v) is 7.76. The molecule has 3 rings (SSSR count). The van der Waals surface area contributed by atoms with Crippen LogP contribution in [-0.2, 0) is 9.47 Å². The van der Waals surface area contributed by atoms with Crippen LogP contribution in [0.25, 0.3) is 11.1 Å². The topological polar surface area (TPSA) is 62.9 Å². The van der Waals surface area contributed by atoms with Crippen molar-refractivity contribution in [2.75, 3.05) is 32.7 Å². The maximum absolute atomic E-state index is 14.5. The molecule has 2 aromatic rings. The highest BCUT2D eigenvalue weighted by Crippen LogP contribution is 2.36. The van der Waals surface area contributed by atoms with Gasteiger partial charge >= 0.3 is 0 Å². The van der Waals surface area contributed by atoms with Crippen LogP contribution in [0.1, 0.15) is 18.8 Å². The molecule has 24 heavy (non-hydrogen) atoms. The van der Waals surface area contributed by atoms with Gasteiger partial charge < -0.3 is 24.7 Å². The second-order valence-corrected chi connectivity index (χ2v) is 5.36. The van der Waals surface area contributed by atoms with Crippen LogP contribution in [0.4, 0.5) is 10.1 Å². The molecule has 128 valence electrons. The lowest BCUT2D eigenvalue weighted by atomic mass is 10.00. The number of benzene rings is 2. The first kappa shape index (κ1) is 16.5. The summed E-state index contributed by atoms with van der Waals surface area (Å²) in [5.74, 6) is 0.769. The molecule has 5 nitrogen and oxygen atoms in total. The minimum atomic E-state index is -0.568. The molecule has 2 N–H and O–H groups in total. The molecule has 0 spiro atoms. The molecule has 0 radical (unpaired) electrons. The Hall–Kier alpha value is -2.31. The summed E-state index contributed by atoms with van der Waals surface area (Å²) in [7, 11) is 1.56. The third-order valence-corrected chi connectivity index (χ3v) is 3.79. The number of nitrogens with two attached hydrogens (primary N) is 1. The number of anilines is 1. The third-order valence-electron chi connectivity index (χ3n) is 3.79. The molecular formula is C18H20FNO4. The summed E-state index contributed by atoms with van der Waals surface area (Å²) in [6.45, 7) is 3.37. The molecule has 6 heteroatoms. The number of methoxy groups -OCH3 is 1. The van der Waals surface area contributed by atoms with Crippen LogP contribution in [0, 0.1) is 5.82 Å². The Morgan fingerprint density at radius 2 is 1.83 bits per heavy atom. The van der Waals surface area contributed by atoms with Gasteiger partial charge in [0.2, 0.25) is 0 Å². The Kier molecular flexibility index (Phi) is 4.87. The van der Waals surface area contributed by atoms with Gasteiger partial charge in [0.1, 0.15) is 17.3 Å². The fraction of sp³-hybridized carbons (Fsp3) is 0.333.